The van der Waals surface area contributed by atoms with E-state index < -0.39 is 0 Å². The Morgan fingerprint density at radius 3 is 2.69 bits per heavy atom. The topological polar surface area (TPSA) is 34.2 Å². The van der Waals surface area contributed by atoms with E-state index in [-0.39, 0.29) is 11.6 Å². The molecule has 1 heterocycles. The molecule has 3 heteroatoms. The molecule has 0 aliphatic rings. The van der Waals surface area contributed by atoms with Gasteiger partial charge in [-0.2, -0.15) is 0 Å². The Bertz CT molecular complexity index is 336. The standard InChI is InChI=1S/C13H22N2O/c1-6-15-12(13(3,4)16-5)11-9-14-8-7-10(11)2/h7-9,12,15H,6H2,1-5H3. The van der Waals surface area contributed by atoms with Gasteiger partial charge in [0.25, 0.3) is 0 Å². The molecule has 0 radical (unpaired) electrons. The summed E-state index contributed by atoms with van der Waals surface area (Å²) in [6.45, 7) is 9.29. The molecule has 0 bridgehead atoms. The van der Waals surface area contributed by atoms with Crippen LogP contribution in [0.1, 0.15) is 37.9 Å². The van der Waals surface area contributed by atoms with Gasteiger partial charge in [0.2, 0.25) is 0 Å². The number of methoxy groups -OCH3 is 1. The summed E-state index contributed by atoms with van der Waals surface area (Å²) in [5.41, 5.74) is 2.20. The van der Waals surface area contributed by atoms with E-state index in [4.69, 9.17) is 4.74 Å². The molecule has 0 spiro atoms. The first-order chi connectivity index (χ1) is 7.53. The molecule has 0 fully saturated rings. The molecular formula is C13H22N2O. The molecule has 16 heavy (non-hydrogen) atoms. The second-order valence-corrected chi connectivity index (χ2v) is 4.53. The van der Waals surface area contributed by atoms with Crippen molar-refractivity contribution in [1.82, 2.24) is 10.3 Å². The number of ether oxygens (including phenoxy) is 1. The average Bonchev–Trinajstić information content (AvgIpc) is 2.27. The van der Waals surface area contributed by atoms with Crippen molar-refractivity contribution >= 4 is 0 Å². The van der Waals surface area contributed by atoms with Gasteiger partial charge in [-0.05, 0) is 44.5 Å². The van der Waals surface area contributed by atoms with Crippen LogP contribution in [0.25, 0.3) is 0 Å². The zero-order chi connectivity index (χ0) is 12.2. The van der Waals surface area contributed by atoms with Crippen molar-refractivity contribution in [2.45, 2.75) is 39.3 Å². The predicted octanol–water partition coefficient (Wildman–Crippen LogP) is 2.47. The zero-order valence-corrected chi connectivity index (χ0v) is 10.9. The normalized spacial score (nSPS) is 13.8. The van der Waals surface area contributed by atoms with Crippen LogP contribution in [-0.4, -0.2) is 24.2 Å². The van der Waals surface area contributed by atoms with E-state index in [2.05, 4.69) is 38.0 Å². The molecule has 1 aromatic rings. The van der Waals surface area contributed by atoms with Crippen molar-refractivity contribution in [2.75, 3.05) is 13.7 Å². The Kier molecular flexibility index (Phi) is 4.44. The molecule has 1 N–H and O–H groups in total. The largest absolute Gasteiger partial charge is 0.377 e. The molecule has 0 saturated heterocycles. The summed E-state index contributed by atoms with van der Waals surface area (Å²) in [5.74, 6) is 0. The molecule has 0 aromatic carbocycles. The number of rotatable bonds is 5. The number of likely N-dealkylation sites (N-methyl/N-ethyl adjacent to an activating group) is 1. The zero-order valence-electron chi connectivity index (χ0n) is 10.9. The molecule has 1 atom stereocenters. The molecule has 90 valence electrons. The summed E-state index contributed by atoms with van der Waals surface area (Å²) in [6.07, 6.45) is 3.74. The second kappa shape index (κ2) is 5.41. The molecule has 0 aliphatic heterocycles. The minimum atomic E-state index is -0.246. The lowest BCUT2D eigenvalue weighted by atomic mass is 9.90. The van der Waals surface area contributed by atoms with Crippen LogP contribution in [0.15, 0.2) is 18.5 Å². The summed E-state index contributed by atoms with van der Waals surface area (Å²) in [6, 6.07) is 2.20. The van der Waals surface area contributed by atoms with Gasteiger partial charge in [0.05, 0.1) is 11.6 Å². The van der Waals surface area contributed by atoms with Gasteiger partial charge >= 0.3 is 0 Å². The Hall–Kier alpha value is -0.930. The number of nitrogens with one attached hydrogen (secondary N) is 1. The van der Waals surface area contributed by atoms with Crippen LogP contribution in [-0.2, 0) is 4.74 Å². The third-order valence-electron chi connectivity index (χ3n) is 3.02. The molecule has 0 amide bonds. The summed E-state index contributed by atoms with van der Waals surface area (Å²) in [5, 5.41) is 3.47. The highest BCUT2D eigenvalue weighted by molar-refractivity contribution is 5.27. The van der Waals surface area contributed by atoms with Gasteiger partial charge in [-0.3, -0.25) is 4.98 Å². The van der Waals surface area contributed by atoms with Gasteiger partial charge in [-0.25, -0.2) is 0 Å². The van der Waals surface area contributed by atoms with Crippen molar-refractivity contribution in [3.8, 4) is 0 Å². The first-order valence-corrected chi connectivity index (χ1v) is 5.72. The van der Waals surface area contributed by atoms with E-state index in [1.54, 1.807) is 7.11 Å². The lowest BCUT2D eigenvalue weighted by molar-refractivity contribution is -0.0109. The van der Waals surface area contributed by atoms with Crippen molar-refractivity contribution < 1.29 is 4.74 Å². The summed E-state index contributed by atoms with van der Waals surface area (Å²) in [4.78, 5) is 4.20. The van der Waals surface area contributed by atoms with Crippen LogP contribution >= 0.6 is 0 Å². The van der Waals surface area contributed by atoms with Crippen LogP contribution in [0.3, 0.4) is 0 Å². The molecular weight excluding hydrogens is 200 g/mol. The van der Waals surface area contributed by atoms with Crippen LogP contribution in [0.5, 0.6) is 0 Å². The smallest absolute Gasteiger partial charge is 0.0817 e. The molecule has 0 saturated carbocycles. The Balaban J connectivity index is 3.08. The summed E-state index contributed by atoms with van der Waals surface area (Å²) in [7, 11) is 1.75. The molecule has 1 rings (SSSR count). The van der Waals surface area contributed by atoms with Gasteiger partial charge in [0.1, 0.15) is 0 Å². The highest BCUT2D eigenvalue weighted by Gasteiger charge is 2.31. The van der Waals surface area contributed by atoms with Crippen molar-refractivity contribution in [3.05, 3.63) is 29.6 Å². The van der Waals surface area contributed by atoms with Gasteiger partial charge in [0.15, 0.2) is 0 Å². The van der Waals surface area contributed by atoms with E-state index in [1.807, 2.05) is 18.5 Å². The fourth-order valence-electron chi connectivity index (χ4n) is 1.83. The monoisotopic (exact) mass is 222 g/mol. The van der Waals surface area contributed by atoms with E-state index in [1.165, 1.54) is 11.1 Å². The predicted molar refractivity (Wildman–Crippen MR) is 66.5 cm³/mol. The van der Waals surface area contributed by atoms with Crippen LogP contribution in [0, 0.1) is 6.92 Å². The number of nitrogens with zero attached hydrogens (tertiary/aromatic N) is 1. The first-order valence-electron chi connectivity index (χ1n) is 5.72. The van der Waals surface area contributed by atoms with Crippen LogP contribution in [0.2, 0.25) is 0 Å². The maximum absolute atomic E-state index is 5.57. The molecule has 3 nitrogen and oxygen atoms in total. The van der Waals surface area contributed by atoms with Gasteiger partial charge in [0, 0.05) is 19.5 Å². The Labute approximate surface area is 98.2 Å². The Morgan fingerprint density at radius 2 is 2.19 bits per heavy atom. The van der Waals surface area contributed by atoms with E-state index in [9.17, 15) is 0 Å². The molecule has 0 aliphatic carbocycles. The Morgan fingerprint density at radius 1 is 1.50 bits per heavy atom. The van der Waals surface area contributed by atoms with Crippen molar-refractivity contribution in [2.24, 2.45) is 0 Å². The molecule has 1 aromatic heterocycles. The summed E-state index contributed by atoms with van der Waals surface area (Å²) < 4.78 is 5.57. The van der Waals surface area contributed by atoms with E-state index in [0.29, 0.717) is 0 Å². The maximum Gasteiger partial charge on any atom is 0.0817 e. The fourth-order valence-corrected chi connectivity index (χ4v) is 1.83. The number of aryl methyl sites for hydroxylation is 1. The minimum Gasteiger partial charge on any atom is -0.377 e. The van der Waals surface area contributed by atoms with Crippen LogP contribution in [0.4, 0.5) is 0 Å². The van der Waals surface area contributed by atoms with Crippen molar-refractivity contribution in [1.29, 1.82) is 0 Å². The first kappa shape index (κ1) is 13.1. The summed E-state index contributed by atoms with van der Waals surface area (Å²) >= 11 is 0. The minimum absolute atomic E-state index is 0.163. The fraction of sp³-hybridized carbons (Fsp3) is 0.615. The van der Waals surface area contributed by atoms with E-state index >= 15 is 0 Å². The second-order valence-electron chi connectivity index (χ2n) is 4.53. The van der Waals surface area contributed by atoms with Crippen LogP contribution < -0.4 is 5.32 Å². The lowest BCUT2D eigenvalue weighted by Crippen LogP contribution is -2.41. The number of pyridine rings is 1. The quantitative estimate of drug-likeness (QED) is 0.831. The maximum atomic E-state index is 5.57. The third kappa shape index (κ3) is 2.80. The highest BCUT2D eigenvalue weighted by Crippen LogP contribution is 2.29. The third-order valence-corrected chi connectivity index (χ3v) is 3.02. The highest BCUT2D eigenvalue weighted by atomic mass is 16.5. The van der Waals surface area contributed by atoms with Gasteiger partial charge in [-0.15, -0.1) is 0 Å². The molecule has 1 unspecified atom stereocenters. The number of hydrogen-bond donors (Lipinski definition) is 1. The average molecular weight is 222 g/mol. The van der Waals surface area contributed by atoms with E-state index in [0.717, 1.165) is 6.54 Å². The number of hydrogen-bond acceptors (Lipinski definition) is 3. The van der Waals surface area contributed by atoms with Gasteiger partial charge < -0.3 is 10.1 Å². The lowest BCUT2D eigenvalue weighted by Gasteiger charge is -2.34. The van der Waals surface area contributed by atoms with Crippen molar-refractivity contribution in [3.63, 3.8) is 0 Å². The number of aromatic nitrogens is 1. The van der Waals surface area contributed by atoms with Gasteiger partial charge in [-0.1, -0.05) is 6.92 Å². The SMILES string of the molecule is CCNC(c1cnccc1C)C(C)(C)OC.